The standard InChI is InChI=1S/C26H32N2O5/c1-4-5-10-18(15-24(29)28(3)17(2)25(30)31)27-26(32)33-16-23-21-13-8-6-11-19(21)20-12-7-9-14-22(20)23/h6-9,11-14,17-18,23H,4-5,10,15-16H2,1-3H3,(H,27,32)(H,30,31)/t17-,18?/m0/s1. The third kappa shape index (κ3) is 5.72. The Kier molecular flexibility index (Phi) is 8.09. The monoisotopic (exact) mass is 452 g/mol. The number of hydrogen-bond acceptors (Lipinski definition) is 4. The van der Waals surface area contributed by atoms with Crippen molar-refractivity contribution in [2.45, 2.75) is 57.5 Å². The summed E-state index contributed by atoms with van der Waals surface area (Å²) in [6.07, 6.45) is 1.82. The molecule has 2 atom stereocenters. The van der Waals surface area contributed by atoms with Crippen molar-refractivity contribution < 1.29 is 24.2 Å². The number of carbonyl (C=O) groups excluding carboxylic acids is 2. The quantitative estimate of drug-likeness (QED) is 0.557. The molecule has 0 aromatic heterocycles. The molecule has 0 fully saturated rings. The van der Waals surface area contributed by atoms with Crippen molar-refractivity contribution >= 4 is 18.0 Å². The van der Waals surface area contributed by atoms with Gasteiger partial charge in [0.2, 0.25) is 5.91 Å². The van der Waals surface area contributed by atoms with Gasteiger partial charge in [-0.15, -0.1) is 0 Å². The SMILES string of the molecule is CCCCC(CC(=O)N(C)[C@@H](C)C(=O)O)NC(=O)OCC1c2ccccc2-c2ccccc21. The van der Waals surface area contributed by atoms with E-state index in [0.29, 0.717) is 6.42 Å². The molecule has 2 aromatic rings. The maximum atomic E-state index is 12.6. The zero-order valence-electron chi connectivity index (χ0n) is 19.4. The summed E-state index contributed by atoms with van der Waals surface area (Å²) >= 11 is 0. The van der Waals surface area contributed by atoms with Crippen molar-refractivity contribution in [2.75, 3.05) is 13.7 Å². The van der Waals surface area contributed by atoms with Crippen LogP contribution in [0.25, 0.3) is 11.1 Å². The fourth-order valence-corrected chi connectivity index (χ4v) is 4.22. The lowest BCUT2D eigenvalue weighted by Crippen LogP contribution is -2.44. The van der Waals surface area contributed by atoms with E-state index in [1.807, 2.05) is 31.2 Å². The average Bonchev–Trinajstić information content (AvgIpc) is 3.13. The molecule has 7 nitrogen and oxygen atoms in total. The lowest BCUT2D eigenvalue weighted by atomic mass is 9.98. The van der Waals surface area contributed by atoms with Crippen LogP contribution in [0.3, 0.4) is 0 Å². The number of carboxylic acid groups (broad SMARTS) is 1. The van der Waals surface area contributed by atoms with E-state index in [2.05, 4.69) is 29.6 Å². The Morgan fingerprint density at radius 3 is 2.18 bits per heavy atom. The molecule has 1 aliphatic rings. The number of aliphatic carboxylic acids is 1. The first kappa shape index (κ1) is 24.3. The highest BCUT2D eigenvalue weighted by Gasteiger charge is 2.30. The van der Waals surface area contributed by atoms with Gasteiger partial charge in [-0.2, -0.15) is 0 Å². The van der Waals surface area contributed by atoms with Gasteiger partial charge in [-0.1, -0.05) is 68.3 Å². The van der Waals surface area contributed by atoms with Crippen LogP contribution in [0.2, 0.25) is 0 Å². The molecule has 0 heterocycles. The molecule has 7 heteroatoms. The summed E-state index contributed by atoms with van der Waals surface area (Å²) in [4.78, 5) is 37.6. The van der Waals surface area contributed by atoms with E-state index in [1.54, 1.807) is 0 Å². The normalized spacial score (nSPS) is 14.0. The molecule has 0 bridgehead atoms. The van der Waals surface area contributed by atoms with E-state index in [1.165, 1.54) is 18.9 Å². The number of fused-ring (bicyclic) bond motifs is 3. The number of nitrogens with one attached hydrogen (secondary N) is 1. The summed E-state index contributed by atoms with van der Waals surface area (Å²) in [5.41, 5.74) is 4.58. The van der Waals surface area contributed by atoms with Crippen molar-refractivity contribution in [1.82, 2.24) is 10.2 Å². The number of carboxylic acids is 1. The highest BCUT2D eigenvalue weighted by molar-refractivity contribution is 5.84. The van der Waals surface area contributed by atoms with Crippen molar-refractivity contribution in [3.8, 4) is 11.1 Å². The Balaban J connectivity index is 1.63. The first-order valence-electron chi connectivity index (χ1n) is 11.4. The van der Waals surface area contributed by atoms with Crippen LogP contribution in [0.1, 0.15) is 56.6 Å². The van der Waals surface area contributed by atoms with Gasteiger partial charge in [0.1, 0.15) is 12.6 Å². The van der Waals surface area contributed by atoms with Crippen LogP contribution in [0.15, 0.2) is 48.5 Å². The highest BCUT2D eigenvalue weighted by atomic mass is 16.5. The molecular formula is C26H32N2O5. The molecule has 0 radical (unpaired) electrons. The number of ether oxygens (including phenoxy) is 1. The Morgan fingerprint density at radius 2 is 1.64 bits per heavy atom. The van der Waals surface area contributed by atoms with E-state index in [9.17, 15) is 14.4 Å². The fraction of sp³-hybridized carbons (Fsp3) is 0.423. The number of nitrogens with zero attached hydrogens (tertiary/aromatic N) is 1. The second kappa shape index (κ2) is 11.0. The third-order valence-corrected chi connectivity index (χ3v) is 6.32. The van der Waals surface area contributed by atoms with Crippen LogP contribution in [0.4, 0.5) is 4.79 Å². The van der Waals surface area contributed by atoms with Gasteiger partial charge in [0.25, 0.3) is 0 Å². The Hall–Kier alpha value is -3.35. The topological polar surface area (TPSA) is 95.9 Å². The Morgan fingerprint density at radius 1 is 1.06 bits per heavy atom. The molecular weight excluding hydrogens is 420 g/mol. The number of amides is 2. The van der Waals surface area contributed by atoms with Crippen LogP contribution in [0, 0.1) is 0 Å². The van der Waals surface area contributed by atoms with Crippen molar-refractivity contribution in [1.29, 1.82) is 0 Å². The minimum absolute atomic E-state index is 0.0261. The second-order valence-corrected chi connectivity index (χ2v) is 8.53. The molecule has 0 saturated heterocycles. The molecule has 0 spiro atoms. The molecule has 0 aliphatic heterocycles. The maximum Gasteiger partial charge on any atom is 0.407 e. The molecule has 2 aromatic carbocycles. The van der Waals surface area contributed by atoms with E-state index in [-0.39, 0.29) is 24.9 Å². The number of hydrogen-bond donors (Lipinski definition) is 2. The molecule has 33 heavy (non-hydrogen) atoms. The summed E-state index contributed by atoms with van der Waals surface area (Å²) < 4.78 is 5.61. The maximum absolute atomic E-state index is 12.6. The summed E-state index contributed by atoms with van der Waals surface area (Å²) in [6.45, 7) is 3.69. The van der Waals surface area contributed by atoms with Crippen molar-refractivity contribution in [3.05, 3.63) is 59.7 Å². The summed E-state index contributed by atoms with van der Waals surface area (Å²) in [5.74, 6) is -1.44. The van der Waals surface area contributed by atoms with Crippen molar-refractivity contribution in [2.24, 2.45) is 0 Å². The largest absolute Gasteiger partial charge is 0.480 e. The first-order chi connectivity index (χ1) is 15.8. The number of unbranched alkanes of at least 4 members (excludes halogenated alkanes) is 1. The van der Waals surface area contributed by atoms with Gasteiger partial charge in [-0.05, 0) is 35.6 Å². The van der Waals surface area contributed by atoms with Gasteiger partial charge in [-0.3, -0.25) is 4.79 Å². The van der Waals surface area contributed by atoms with Crippen LogP contribution in [-0.2, 0) is 14.3 Å². The highest BCUT2D eigenvalue weighted by Crippen LogP contribution is 2.44. The number of alkyl carbamates (subject to hydrolysis) is 1. The molecule has 1 aliphatic carbocycles. The van der Waals surface area contributed by atoms with Crippen molar-refractivity contribution in [3.63, 3.8) is 0 Å². The zero-order valence-corrected chi connectivity index (χ0v) is 19.4. The fourth-order valence-electron chi connectivity index (χ4n) is 4.22. The summed E-state index contributed by atoms with van der Waals surface area (Å²) in [7, 11) is 1.46. The minimum atomic E-state index is -1.07. The molecule has 1 unspecified atom stereocenters. The Labute approximate surface area is 194 Å². The first-order valence-corrected chi connectivity index (χ1v) is 11.4. The van der Waals surface area contributed by atoms with Crippen LogP contribution < -0.4 is 5.32 Å². The second-order valence-electron chi connectivity index (χ2n) is 8.53. The van der Waals surface area contributed by atoms with E-state index < -0.39 is 24.1 Å². The van der Waals surface area contributed by atoms with Crippen LogP contribution >= 0.6 is 0 Å². The van der Waals surface area contributed by atoms with E-state index in [4.69, 9.17) is 9.84 Å². The predicted octanol–water partition coefficient (Wildman–Crippen LogP) is 4.41. The number of rotatable bonds is 10. The van der Waals surface area contributed by atoms with Gasteiger partial charge in [0.15, 0.2) is 0 Å². The molecule has 3 rings (SSSR count). The smallest absolute Gasteiger partial charge is 0.407 e. The number of carbonyl (C=O) groups is 3. The summed E-state index contributed by atoms with van der Waals surface area (Å²) in [6, 6.07) is 14.9. The minimum Gasteiger partial charge on any atom is -0.480 e. The summed E-state index contributed by atoms with van der Waals surface area (Å²) in [5, 5.41) is 12.0. The van der Waals surface area contributed by atoms with E-state index in [0.717, 1.165) is 35.1 Å². The van der Waals surface area contributed by atoms with Crippen LogP contribution in [-0.4, -0.2) is 53.7 Å². The number of likely N-dealkylation sites (N-methyl/N-ethyl adjacent to an activating group) is 1. The number of benzene rings is 2. The molecule has 2 N–H and O–H groups in total. The predicted molar refractivity (Wildman–Crippen MR) is 126 cm³/mol. The van der Waals surface area contributed by atoms with Crippen LogP contribution in [0.5, 0.6) is 0 Å². The molecule has 0 saturated carbocycles. The van der Waals surface area contributed by atoms with Gasteiger partial charge >= 0.3 is 12.1 Å². The van der Waals surface area contributed by atoms with Gasteiger partial charge in [0.05, 0.1) is 0 Å². The molecule has 176 valence electrons. The van der Waals surface area contributed by atoms with Gasteiger partial charge < -0.3 is 20.1 Å². The lowest BCUT2D eigenvalue weighted by Gasteiger charge is -2.25. The molecule has 2 amide bonds. The van der Waals surface area contributed by atoms with Gasteiger partial charge in [-0.25, -0.2) is 9.59 Å². The average molecular weight is 453 g/mol. The van der Waals surface area contributed by atoms with Gasteiger partial charge in [0, 0.05) is 25.4 Å². The van der Waals surface area contributed by atoms with E-state index >= 15 is 0 Å². The Bertz CT molecular complexity index is 960. The lowest BCUT2D eigenvalue weighted by molar-refractivity contribution is -0.148. The zero-order chi connectivity index (χ0) is 24.0. The third-order valence-electron chi connectivity index (χ3n) is 6.32.